The maximum atomic E-state index is 6.64. The number of aromatic nitrogens is 1. The number of nitrogens with zero attached hydrogens (tertiary/aromatic N) is 2. The summed E-state index contributed by atoms with van der Waals surface area (Å²) in [7, 11) is 0. The maximum Gasteiger partial charge on any atom is 0.137 e. The summed E-state index contributed by atoms with van der Waals surface area (Å²) in [6, 6.07) is 68.8. The Morgan fingerprint density at radius 3 is 1.49 bits per heavy atom. The lowest BCUT2D eigenvalue weighted by molar-refractivity contribution is 0.669. The van der Waals surface area contributed by atoms with Crippen LogP contribution in [0.15, 0.2) is 199 Å². The molecule has 0 amide bonds. The van der Waals surface area contributed by atoms with Gasteiger partial charge in [-0.2, -0.15) is 0 Å². The van der Waals surface area contributed by atoms with Gasteiger partial charge < -0.3 is 9.32 Å². The summed E-state index contributed by atoms with van der Waals surface area (Å²) in [5.74, 6) is 0. The monoisotopic (exact) mass is 696 g/mol. The van der Waals surface area contributed by atoms with Gasteiger partial charge in [-0.25, -0.2) is 4.98 Å². The summed E-state index contributed by atoms with van der Waals surface area (Å²) in [6.45, 7) is 0. The Morgan fingerprint density at radius 1 is 0.377 bits per heavy atom. The van der Waals surface area contributed by atoms with Gasteiger partial charge in [0.25, 0.3) is 0 Å². The van der Waals surface area contributed by atoms with Gasteiger partial charge in [-0.15, -0.1) is 11.3 Å². The minimum absolute atomic E-state index is 0.839. The molecule has 0 bridgehead atoms. The van der Waals surface area contributed by atoms with Crippen LogP contribution in [0.5, 0.6) is 0 Å². The van der Waals surface area contributed by atoms with E-state index >= 15 is 0 Å². The van der Waals surface area contributed by atoms with Gasteiger partial charge in [0.1, 0.15) is 16.2 Å². The molecule has 0 saturated carbocycles. The van der Waals surface area contributed by atoms with E-state index in [1.54, 1.807) is 11.3 Å². The molecule has 250 valence electrons. The largest absolute Gasteiger partial charge is 0.456 e. The van der Waals surface area contributed by atoms with Crippen LogP contribution in [0, 0.1) is 0 Å². The molecule has 2 heterocycles. The fraction of sp³-hybridized carbons (Fsp3) is 0. The first kappa shape index (κ1) is 31.0. The molecule has 10 aromatic rings. The Hall–Kier alpha value is -6.75. The smallest absolute Gasteiger partial charge is 0.137 e. The van der Waals surface area contributed by atoms with Crippen LogP contribution >= 0.6 is 11.3 Å². The number of fused-ring (bicyclic) bond motifs is 4. The van der Waals surface area contributed by atoms with Crippen LogP contribution in [0.1, 0.15) is 0 Å². The highest BCUT2D eigenvalue weighted by molar-refractivity contribution is 7.21. The molecule has 8 aromatic carbocycles. The predicted octanol–water partition coefficient (Wildman–Crippen LogP) is 14.3. The zero-order chi connectivity index (χ0) is 35.1. The molecule has 0 radical (unpaired) electrons. The third-order valence-corrected chi connectivity index (χ3v) is 10.9. The number of hydrogen-bond acceptors (Lipinski definition) is 4. The standard InChI is InChI=1S/C49H32N2OS/c1-5-13-33(14-6-1)36-21-23-40(24-22-36)51(42-28-38(34-15-7-2-8-16-34)27-39(29-42)35-17-9-3-10-18-35)41-25-26-43-44-31-48-45(32-47(44)52-46(43)30-41)50-49(53-48)37-19-11-4-12-20-37/h1-32H. The molecular formula is C49H32N2OS. The highest BCUT2D eigenvalue weighted by Gasteiger charge is 2.19. The fourth-order valence-electron chi connectivity index (χ4n) is 7.24. The SMILES string of the molecule is c1ccc(-c2ccc(N(c3cc(-c4ccccc4)cc(-c4ccccc4)c3)c3ccc4c(c3)oc3cc5nc(-c6ccccc6)sc5cc34)cc2)cc1. The van der Waals surface area contributed by atoms with Crippen molar-refractivity contribution in [3.63, 3.8) is 0 Å². The molecule has 10 rings (SSSR count). The van der Waals surface area contributed by atoms with Gasteiger partial charge in [-0.3, -0.25) is 0 Å². The van der Waals surface area contributed by atoms with E-state index in [0.29, 0.717) is 0 Å². The summed E-state index contributed by atoms with van der Waals surface area (Å²) >= 11 is 1.72. The Balaban J connectivity index is 1.14. The van der Waals surface area contributed by atoms with E-state index in [1.807, 2.05) is 6.07 Å². The van der Waals surface area contributed by atoms with Crippen LogP contribution < -0.4 is 4.90 Å². The molecule has 0 saturated heterocycles. The molecule has 0 spiro atoms. The van der Waals surface area contributed by atoms with Gasteiger partial charge in [0.05, 0.1) is 10.2 Å². The number of hydrogen-bond donors (Lipinski definition) is 0. The zero-order valence-corrected chi connectivity index (χ0v) is 29.5. The van der Waals surface area contributed by atoms with Crippen molar-refractivity contribution in [1.82, 2.24) is 4.98 Å². The van der Waals surface area contributed by atoms with Crippen molar-refractivity contribution in [3.8, 4) is 44.0 Å². The van der Waals surface area contributed by atoms with E-state index in [0.717, 1.165) is 70.9 Å². The molecule has 53 heavy (non-hydrogen) atoms. The summed E-state index contributed by atoms with van der Waals surface area (Å²) in [5, 5.41) is 3.20. The van der Waals surface area contributed by atoms with Crippen molar-refractivity contribution in [1.29, 1.82) is 0 Å². The molecule has 2 aromatic heterocycles. The second kappa shape index (κ2) is 13.1. The molecular weight excluding hydrogens is 665 g/mol. The summed E-state index contributed by atoms with van der Waals surface area (Å²) in [4.78, 5) is 7.31. The van der Waals surface area contributed by atoms with Gasteiger partial charge in [0, 0.05) is 45.5 Å². The van der Waals surface area contributed by atoms with Gasteiger partial charge in [0.2, 0.25) is 0 Å². The summed E-state index contributed by atoms with van der Waals surface area (Å²) in [6.07, 6.45) is 0. The number of anilines is 3. The van der Waals surface area contributed by atoms with Crippen molar-refractivity contribution in [2.24, 2.45) is 0 Å². The quantitative estimate of drug-likeness (QED) is 0.166. The highest BCUT2D eigenvalue weighted by atomic mass is 32.1. The van der Waals surface area contributed by atoms with Crippen LogP contribution in [-0.4, -0.2) is 4.98 Å². The molecule has 0 unspecified atom stereocenters. The Morgan fingerprint density at radius 2 is 0.887 bits per heavy atom. The van der Waals surface area contributed by atoms with Crippen molar-refractivity contribution < 1.29 is 4.42 Å². The molecule has 0 fully saturated rings. The van der Waals surface area contributed by atoms with Crippen molar-refractivity contribution in [2.75, 3.05) is 4.90 Å². The van der Waals surface area contributed by atoms with E-state index < -0.39 is 0 Å². The number of thiazole rings is 1. The van der Waals surface area contributed by atoms with E-state index in [9.17, 15) is 0 Å². The third-order valence-electron chi connectivity index (χ3n) is 9.87. The minimum atomic E-state index is 0.839. The third kappa shape index (κ3) is 5.85. The lowest BCUT2D eigenvalue weighted by Crippen LogP contribution is -2.10. The van der Waals surface area contributed by atoms with Crippen LogP contribution in [0.3, 0.4) is 0 Å². The van der Waals surface area contributed by atoms with Gasteiger partial charge in [-0.1, -0.05) is 133 Å². The molecule has 0 atom stereocenters. The van der Waals surface area contributed by atoms with Crippen LogP contribution in [-0.2, 0) is 0 Å². The Kier molecular flexibility index (Phi) is 7.67. The van der Waals surface area contributed by atoms with Crippen LogP contribution in [0.25, 0.3) is 76.1 Å². The normalized spacial score (nSPS) is 11.4. The highest BCUT2D eigenvalue weighted by Crippen LogP contribution is 2.43. The van der Waals surface area contributed by atoms with E-state index in [-0.39, 0.29) is 0 Å². The Labute approximate surface area is 311 Å². The lowest BCUT2D eigenvalue weighted by atomic mass is 9.97. The summed E-state index contributed by atoms with van der Waals surface area (Å²) in [5.41, 5.74) is 13.9. The first-order valence-electron chi connectivity index (χ1n) is 17.8. The number of rotatable bonds is 7. The summed E-state index contributed by atoms with van der Waals surface area (Å²) < 4.78 is 7.79. The second-order valence-electron chi connectivity index (χ2n) is 13.2. The van der Waals surface area contributed by atoms with Gasteiger partial charge >= 0.3 is 0 Å². The molecule has 3 nitrogen and oxygen atoms in total. The molecule has 0 aliphatic carbocycles. The minimum Gasteiger partial charge on any atom is -0.456 e. The number of furan rings is 1. The van der Waals surface area contributed by atoms with E-state index in [1.165, 1.54) is 22.3 Å². The maximum absolute atomic E-state index is 6.64. The van der Waals surface area contributed by atoms with E-state index in [4.69, 9.17) is 9.40 Å². The lowest BCUT2D eigenvalue weighted by Gasteiger charge is -2.27. The topological polar surface area (TPSA) is 29.3 Å². The van der Waals surface area contributed by atoms with Crippen molar-refractivity contribution >= 4 is 60.6 Å². The molecule has 4 heteroatoms. The Bertz CT molecular complexity index is 2800. The average molecular weight is 697 g/mol. The van der Waals surface area contributed by atoms with Gasteiger partial charge in [0.15, 0.2) is 0 Å². The van der Waals surface area contributed by atoms with Crippen LogP contribution in [0.2, 0.25) is 0 Å². The number of benzene rings is 8. The molecule has 0 aliphatic rings. The molecule has 0 N–H and O–H groups in total. The van der Waals surface area contributed by atoms with Gasteiger partial charge in [-0.05, 0) is 81.9 Å². The average Bonchev–Trinajstić information content (AvgIpc) is 3.82. The first-order chi connectivity index (χ1) is 26.2. The zero-order valence-electron chi connectivity index (χ0n) is 28.7. The van der Waals surface area contributed by atoms with Crippen molar-refractivity contribution in [3.05, 3.63) is 194 Å². The van der Waals surface area contributed by atoms with Crippen molar-refractivity contribution in [2.45, 2.75) is 0 Å². The fourth-order valence-corrected chi connectivity index (χ4v) is 8.24. The molecule has 0 aliphatic heterocycles. The second-order valence-corrected chi connectivity index (χ2v) is 14.3. The predicted molar refractivity (Wildman–Crippen MR) is 223 cm³/mol. The van der Waals surface area contributed by atoms with E-state index in [2.05, 4.69) is 193 Å². The van der Waals surface area contributed by atoms with Crippen LogP contribution in [0.4, 0.5) is 17.1 Å². The first-order valence-corrected chi connectivity index (χ1v) is 18.6.